The molecule has 0 radical (unpaired) electrons. The number of aliphatic hydroxyl groups is 1. The van der Waals surface area contributed by atoms with Crippen LogP contribution in [0.5, 0.6) is 0 Å². The number of aliphatic hydroxyl groups excluding tert-OH is 1. The van der Waals surface area contributed by atoms with Crippen molar-refractivity contribution >= 4 is 5.78 Å². The van der Waals surface area contributed by atoms with Crippen molar-refractivity contribution < 1.29 is 14.6 Å². The van der Waals surface area contributed by atoms with Gasteiger partial charge in [0.15, 0.2) is 5.78 Å². The number of methoxy groups -OCH3 is 1. The van der Waals surface area contributed by atoms with Crippen molar-refractivity contribution in [1.82, 2.24) is 0 Å². The molecule has 0 spiro atoms. The molecule has 0 aliphatic heterocycles. The number of carbonyl (C=O) groups is 1. The number of rotatable bonds is 8. The molecule has 0 saturated carbocycles. The van der Waals surface area contributed by atoms with Crippen LogP contribution in [-0.4, -0.2) is 23.6 Å². The number of hydrogen-bond acceptors (Lipinski definition) is 3. The van der Waals surface area contributed by atoms with E-state index in [1.807, 2.05) is 13.8 Å². The van der Waals surface area contributed by atoms with Crippen molar-refractivity contribution in [3.05, 3.63) is 11.8 Å². The van der Waals surface area contributed by atoms with Gasteiger partial charge in [0.1, 0.15) is 11.4 Å². The summed E-state index contributed by atoms with van der Waals surface area (Å²) in [5.41, 5.74) is -0.750. The molecule has 0 heterocycles. The molecule has 0 aromatic rings. The molecule has 0 bridgehead atoms. The summed E-state index contributed by atoms with van der Waals surface area (Å²) in [4.78, 5) is 11.8. The van der Waals surface area contributed by atoms with Gasteiger partial charge in [0.05, 0.1) is 0 Å². The Kier molecular flexibility index (Phi) is 7.12. The minimum absolute atomic E-state index is 0.0207. The van der Waals surface area contributed by atoms with Crippen molar-refractivity contribution in [1.29, 1.82) is 0 Å². The molecule has 0 amide bonds. The highest BCUT2D eigenvalue weighted by Gasteiger charge is 2.27. The average molecular weight is 242 g/mol. The van der Waals surface area contributed by atoms with E-state index >= 15 is 0 Å². The summed E-state index contributed by atoms with van der Waals surface area (Å²) in [6.07, 6.45) is 4.94. The van der Waals surface area contributed by atoms with Gasteiger partial charge in [-0.25, -0.2) is 0 Å². The topological polar surface area (TPSA) is 46.5 Å². The van der Waals surface area contributed by atoms with Crippen LogP contribution >= 0.6 is 0 Å². The van der Waals surface area contributed by atoms with Crippen LogP contribution in [0.2, 0.25) is 0 Å². The van der Waals surface area contributed by atoms with Crippen molar-refractivity contribution in [2.45, 2.75) is 59.0 Å². The van der Waals surface area contributed by atoms with Crippen LogP contribution in [0.25, 0.3) is 0 Å². The Morgan fingerprint density at radius 1 is 1.47 bits per heavy atom. The van der Waals surface area contributed by atoms with E-state index in [2.05, 4.69) is 6.92 Å². The molecular formula is C14H26O3. The number of ether oxygens (including phenoxy) is 1. The molecule has 2 atom stereocenters. The van der Waals surface area contributed by atoms with Gasteiger partial charge in [-0.2, -0.15) is 0 Å². The SMILES string of the molecule is CCCCC(C)C(=O)/C=C(\O)C(C)(CC)OC. The van der Waals surface area contributed by atoms with Crippen LogP contribution in [0.1, 0.15) is 53.4 Å². The monoisotopic (exact) mass is 242 g/mol. The number of ketones is 1. The van der Waals surface area contributed by atoms with Gasteiger partial charge in [0.25, 0.3) is 0 Å². The van der Waals surface area contributed by atoms with Gasteiger partial charge in [-0.3, -0.25) is 4.79 Å². The van der Waals surface area contributed by atoms with E-state index in [9.17, 15) is 9.90 Å². The summed E-state index contributed by atoms with van der Waals surface area (Å²) in [7, 11) is 1.54. The van der Waals surface area contributed by atoms with E-state index in [-0.39, 0.29) is 17.5 Å². The molecule has 2 unspecified atom stereocenters. The Labute approximate surface area is 105 Å². The lowest BCUT2D eigenvalue weighted by atomic mass is 9.95. The van der Waals surface area contributed by atoms with Crippen LogP contribution in [0.15, 0.2) is 11.8 Å². The van der Waals surface area contributed by atoms with Crippen molar-refractivity contribution in [3.8, 4) is 0 Å². The second-order valence-corrected chi connectivity index (χ2v) is 4.76. The molecule has 3 nitrogen and oxygen atoms in total. The van der Waals surface area contributed by atoms with Gasteiger partial charge in [-0.1, -0.05) is 33.6 Å². The van der Waals surface area contributed by atoms with Crippen molar-refractivity contribution in [3.63, 3.8) is 0 Å². The van der Waals surface area contributed by atoms with Crippen LogP contribution in [0.4, 0.5) is 0 Å². The summed E-state index contributed by atoms with van der Waals surface area (Å²) in [5, 5.41) is 9.93. The molecule has 0 fully saturated rings. The minimum atomic E-state index is -0.750. The molecule has 100 valence electrons. The predicted molar refractivity (Wildman–Crippen MR) is 70.1 cm³/mol. The summed E-state index contributed by atoms with van der Waals surface area (Å²) in [5.74, 6) is -0.0291. The lowest BCUT2D eigenvalue weighted by molar-refractivity contribution is -0.118. The highest BCUT2D eigenvalue weighted by molar-refractivity contribution is 5.92. The van der Waals surface area contributed by atoms with E-state index in [4.69, 9.17) is 4.74 Å². The van der Waals surface area contributed by atoms with Gasteiger partial charge >= 0.3 is 0 Å². The molecule has 0 saturated heterocycles. The van der Waals surface area contributed by atoms with Gasteiger partial charge in [-0.05, 0) is 19.8 Å². The molecule has 0 rings (SSSR count). The summed E-state index contributed by atoms with van der Waals surface area (Å²) in [6, 6.07) is 0. The fourth-order valence-electron chi connectivity index (χ4n) is 1.51. The maximum atomic E-state index is 11.8. The number of allylic oxidation sites excluding steroid dienone is 1. The Morgan fingerprint density at radius 2 is 2.06 bits per heavy atom. The maximum absolute atomic E-state index is 11.8. The van der Waals surface area contributed by atoms with Crippen molar-refractivity contribution in [2.24, 2.45) is 5.92 Å². The quantitative estimate of drug-likeness (QED) is 0.522. The number of carbonyl (C=O) groups excluding carboxylic acids is 1. The standard InChI is InChI=1S/C14H26O3/c1-6-8-9-11(3)12(15)10-13(16)14(4,7-2)17-5/h10-11,16H,6-9H2,1-5H3/b13-10-. The van der Waals surface area contributed by atoms with E-state index in [1.54, 1.807) is 14.0 Å². The first-order valence-corrected chi connectivity index (χ1v) is 6.41. The minimum Gasteiger partial charge on any atom is -0.509 e. The second kappa shape index (κ2) is 7.49. The molecule has 0 aromatic carbocycles. The fraction of sp³-hybridized carbons (Fsp3) is 0.786. The third kappa shape index (κ3) is 4.90. The first kappa shape index (κ1) is 16.2. The lowest BCUT2D eigenvalue weighted by Gasteiger charge is -2.25. The maximum Gasteiger partial charge on any atom is 0.161 e. The Hall–Kier alpha value is -0.830. The zero-order valence-corrected chi connectivity index (χ0v) is 11.7. The van der Waals surface area contributed by atoms with E-state index < -0.39 is 5.60 Å². The van der Waals surface area contributed by atoms with E-state index in [0.29, 0.717) is 6.42 Å². The highest BCUT2D eigenvalue weighted by atomic mass is 16.5. The number of hydrogen-bond donors (Lipinski definition) is 1. The zero-order valence-electron chi connectivity index (χ0n) is 11.7. The van der Waals surface area contributed by atoms with Crippen LogP contribution in [0, 0.1) is 5.92 Å². The second-order valence-electron chi connectivity index (χ2n) is 4.76. The molecular weight excluding hydrogens is 216 g/mol. The molecule has 0 aliphatic carbocycles. The molecule has 0 aromatic heterocycles. The Bertz CT molecular complexity index is 265. The summed E-state index contributed by atoms with van der Waals surface area (Å²) >= 11 is 0. The first-order chi connectivity index (χ1) is 7.91. The van der Waals surface area contributed by atoms with Crippen LogP contribution < -0.4 is 0 Å². The highest BCUT2D eigenvalue weighted by Crippen LogP contribution is 2.23. The summed E-state index contributed by atoms with van der Waals surface area (Å²) in [6.45, 7) is 7.70. The fourth-order valence-corrected chi connectivity index (χ4v) is 1.51. The van der Waals surface area contributed by atoms with Gasteiger partial charge in [-0.15, -0.1) is 0 Å². The smallest absolute Gasteiger partial charge is 0.161 e. The largest absolute Gasteiger partial charge is 0.509 e. The van der Waals surface area contributed by atoms with E-state index in [1.165, 1.54) is 6.08 Å². The van der Waals surface area contributed by atoms with Crippen molar-refractivity contribution in [2.75, 3.05) is 7.11 Å². The van der Waals surface area contributed by atoms with Crippen LogP contribution in [0.3, 0.4) is 0 Å². The van der Waals surface area contributed by atoms with Crippen LogP contribution in [-0.2, 0) is 9.53 Å². The normalized spacial score (nSPS) is 17.6. The van der Waals surface area contributed by atoms with E-state index in [0.717, 1.165) is 19.3 Å². The lowest BCUT2D eigenvalue weighted by Crippen LogP contribution is -2.29. The number of unbranched alkanes of at least 4 members (excludes halogenated alkanes) is 1. The molecule has 0 aliphatic rings. The predicted octanol–water partition coefficient (Wildman–Crippen LogP) is 3.64. The Morgan fingerprint density at radius 3 is 2.47 bits per heavy atom. The zero-order chi connectivity index (χ0) is 13.5. The molecule has 3 heteroatoms. The van der Waals surface area contributed by atoms with Gasteiger partial charge < -0.3 is 9.84 Å². The Balaban J connectivity index is 4.61. The van der Waals surface area contributed by atoms with Gasteiger partial charge in [0.2, 0.25) is 0 Å². The molecule has 17 heavy (non-hydrogen) atoms. The van der Waals surface area contributed by atoms with Gasteiger partial charge in [0, 0.05) is 19.1 Å². The third-order valence-corrected chi connectivity index (χ3v) is 3.42. The first-order valence-electron chi connectivity index (χ1n) is 6.41. The third-order valence-electron chi connectivity index (χ3n) is 3.42. The average Bonchev–Trinajstić information content (AvgIpc) is 2.34. The summed E-state index contributed by atoms with van der Waals surface area (Å²) < 4.78 is 5.24. The molecule has 1 N–H and O–H groups in total.